The molecular weight excluding hydrogens is 534 g/mol. The molecule has 0 radical (unpaired) electrons. The van der Waals surface area contributed by atoms with Gasteiger partial charge in [0, 0.05) is 36.6 Å². The largest absolute Gasteiger partial charge is 0.439 e. The highest BCUT2D eigenvalue weighted by Gasteiger charge is 2.32. The Bertz CT molecular complexity index is 1680. The zero-order valence-corrected chi connectivity index (χ0v) is 23.8. The first kappa shape index (κ1) is 27.8. The average molecular weight is 570 g/mol. The van der Waals surface area contributed by atoms with Gasteiger partial charge in [-0.05, 0) is 36.0 Å². The van der Waals surface area contributed by atoms with Crippen molar-refractivity contribution < 1.29 is 14.1 Å². The van der Waals surface area contributed by atoms with Crippen molar-refractivity contribution >= 4 is 5.91 Å². The van der Waals surface area contributed by atoms with Gasteiger partial charge in [0.15, 0.2) is 5.82 Å². The molecule has 0 spiro atoms. The summed E-state index contributed by atoms with van der Waals surface area (Å²) >= 11 is 0. The second-order valence-corrected chi connectivity index (χ2v) is 11.0. The molecule has 2 aliphatic rings. The standard InChI is InChI=1S/C32H35N5O5/c1-2-3-8-27-33-29(23-13-14-23)26(19-28(38)36-15-17-41-18-16-36)31(39)37(27)20-21-9-11-22(12-10-21)24-6-4-5-7-25(24)30-34-32(40)42-35-30/h4-7,9-12,23H,2-3,8,13-20H2,1H3,(H,34,35,40). The van der Waals surface area contributed by atoms with Gasteiger partial charge in [-0.15, -0.1) is 0 Å². The van der Waals surface area contributed by atoms with Crippen molar-refractivity contribution in [2.24, 2.45) is 0 Å². The Kier molecular flexibility index (Phi) is 8.14. The van der Waals surface area contributed by atoms with E-state index in [1.54, 1.807) is 9.47 Å². The Balaban J connectivity index is 1.32. The normalized spacial score (nSPS) is 15.2. The number of nitrogens with zero attached hydrogens (tertiary/aromatic N) is 4. The third-order valence-corrected chi connectivity index (χ3v) is 8.01. The van der Waals surface area contributed by atoms with E-state index in [-0.39, 0.29) is 23.8 Å². The molecule has 0 bridgehead atoms. The number of hydrogen-bond donors (Lipinski definition) is 1. The number of morpholine rings is 1. The van der Waals surface area contributed by atoms with Gasteiger partial charge in [-0.3, -0.25) is 23.7 Å². The molecule has 10 heteroatoms. The van der Waals surface area contributed by atoms with Crippen LogP contribution >= 0.6 is 0 Å². The van der Waals surface area contributed by atoms with Crippen molar-refractivity contribution in [2.45, 2.75) is 57.9 Å². The zero-order valence-electron chi connectivity index (χ0n) is 23.8. The molecule has 1 aliphatic heterocycles. The number of aryl methyl sites for hydroxylation is 1. The van der Waals surface area contributed by atoms with Crippen LogP contribution in [-0.4, -0.2) is 56.8 Å². The second-order valence-electron chi connectivity index (χ2n) is 11.0. The third kappa shape index (κ3) is 5.99. The van der Waals surface area contributed by atoms with Crippen LogP contribution in [0.1, 0.15) is 61.2 Å². The van der Waals surface area contributed by atoms with Crippen molar-refractivity contribution in [2.75, 3.05) is 26.3 Å². The third-order valence-electron chi connectivity index (χ3n) is 8.01. The highest BCUT2D eigenvalue weighted by Crippen LogP contribution is 2.40. The molecule has 2 aromatic carbocycles. The van der Waals surface area contributed by atoms with Crippen LogP contribution in [0.15, 0.2) is 62.6 Å². The van der Waals surface area contributed by atoms with Crippen molar-refractivity contribution in [3.05, 3.63) is 92.1 Å². The van der Waals surface area contributed by atoms with Crippen LogP contribution in [0.25, 0.3) is 22.5 Å². The predicted octanol–water partition coefficient (Wildman–Crippen LogP) is 3.92. The highest BCUT2D eigenvalue weighted by molar-refractivity contribution is 5.80. The number of aromatic amines is 1. The molecule has 42 heavy (non-hydrogen) atoms. The maximum Gasteiger partial charge on any atom is 0.439 e. The summed E-state index contributed by atoms with van der Waals surface area (Å²) < 4.78 is 11.9. The Labute approximate surface area is 243 Å². The van der Waals surface area contributed by atoms with E-state index in [4.69, 9.17) is 14.2 Å². The second kappa shape index (κ2) is 12.3. The summed E-state index contributed by atoms with van der Waals surface area (Å²) in [5.74, 6) is 0.776. The van der Waals surface area contributed by atoms with Gasteiger partial charge in [-0.25, -0.2) is 9.78 Å². The maximum atomic E-state index is 14.1. The minimum Gasteiger partial charge on any atom is -0.378 e. The number of carbonyl (C=O) groups is 1. The summed E-state index contributed by atoms with van der Waals surface area (Å²) in [7, 11) is 0. The molecule has 1 amide bonds. The number of unbranched alkanes of at least 4 members (excludes halogenated alkanes) is 1. The Morgan fingerprint density at radius 1 is 1.02 bits per heavy atom. The molecule has 1 saturated heterocycles. The Morgan fingerprint density at radius 3 is 2.43 bits per heavy atom. The lowest BCUT2D eigenvalue weighted by atomic mass is 9.98. The topological polar surface area (TPSA) is 123 Å². The van der Waals surface area contributed by atoms with Crippen LogP contribution in [0, 0.1) is 0 Å². The number of carbonyl (C=O) groups excluding carboxylic acids is 1. The van der Waals surface area contributed by atoms with Crippen molar-refractivity contribution in [3.63, 3.8) is 0 Å². The molecule has 1 aliphatic carbocycles. The molecule has 1 saturated carbocycles. The molecule has 2 fully saturated rings. The summed E-state index contributed by atoms with van der Waals surface area (Å²) in [6.45, 7) is 4.65. The summed E-state index contributed by atoms with van der Waals surface area (Å²) in [4.78, 5) is 48.3. The van der Waals surface area contributed by atoms with Gasteiger partial charge in [0.25, 0.3) is 5.56 Å². The Morgan fingerprint density at radius 2 is 1.76 bits per heavy atom. The van der Waals surface area contributed by atoms with E-state index in [1.165, 1.54) is 0 Å². The SMILES string of the molecule is CCCCc1nc(C2CC2)c(CC(=O)N2CCOCC2)c(=O)n1Cc1ccc(-c2ccccc2-c2noc(=O)[nH]2)cc1. The van der Waals surface area contributed by atoms with Gasteiger partial charge >= 0.3 is 5.76 Å². The van der Waals surface area contributed by atoms with Gasteiger partial charge in [0.1, 0.15) is 5.82 Å². The van der Waals surface area contributed by atoms with Gasteiger partial charge < -0.3 is 9.64 Å². The lowest BCUT2D eigenvalue weighted by Gasteiger charge is -2.27. The number of H-pyrrole nitrogens is 1. The van der Waals surface area contributed by atoms with E-state index in [1.807, 2.05) is 48.5 Å². The predicted molar refractivity (Wildman–Crippen MR) is 157 cm³/mol. The van der Waals surface area contributed by atoms with E-state index in [0.29, 0.717) is 50.7 Å². The number of aromatic nitrogens is 4. The van der Waals surface area contributed by atoms with Crippen molar-refractivity contribution in [3.8, 4) is 22.5 Å². The molecule has 3 heterocycles. The number of hydrogen-bond acceptors (Lipinski definition) is 7. The van der Waals surface area contributed by atoms with E-state index in [0.717, 1.165) is 59.5 Å². The zero-order chi connectivity index (χ0) is 29.1. The molecule has 2 aromatic heterocycles. The van der Waals surface area contributed by atoms with Crippen molar-refractivity contribution in [1.82, 2.24) is 24.6 Å². The first-order valence-electron chi connectivity index (χ1n) is 14.7. The van der Waals surface area contributed by atoms with Crippen LogP contribution in [0.2, 0.25) is 0 Å². The van der Waals surface area contributed by atoms with Gasteiger partial charge in [0.2, 0.25) is 5.91 Å². The fraction of sp³-hybridized carbons (Fsp3) is 0.406. The smallest absolute Gasteiger partial charge is 0.378 e. The van der Waals surface area contributed by atoms with E-state index >= 15 is 0 Å². The summed E-state index contributed by atoms with van der Waals surface area (Å²) in [6.07, 6.45) is 4.73. The van der Waals surface area contributed by atoms with E-state index in [2.05, 4.69) is 17.1 Å². The summed E-state index contributed by atoms with van der Waals surface area (Å²) in [5, 5.41) is 3.85. The molecular formula is C32H35N5O5. The van der Waals surface area contributed by atoms with Crippen LogP contribution in [0.5, 0.6) is 0 Å². The lowest BCUT2D eigenvalue weighted by molar-refractivity contribution is -0.134. The molecule has 4 aromatic rings. The van der Waals surface area contributed by atoms with E-state index < -0.39 is 5.76 Å². The molecule has 218 valence electrons. The number of rotatable bonds is 10. The first-order chi connectivity index (χ1) is 20.5. The van der Waals surface area contributed by atoms with Crippen LogP contribution < -0.4 is 11.3 Å². The van der Waals surface area contributed by atoms with Crippen LogP contribution in [0.3, 0.4) is 0 Å². The molecule has 0 unspecified atom stereocenters. The van der Waals surface area contributed by atoms with Gasteiger partial charge in [-0.1, -0.05) is 67.0 Å². The number of amides is 1. The lowest BCUT2D eigenvalue weighted by Crippen LogP contribution is -2.43. The van der Waals surface area contributed by atoms with Crippen LogP contribution in [0.4, 0.5) is 0 Å². The number of nitrogens with one attached hydrogen (secondary N) is 1. The molecule has 1 N–H and O–H groups in total. The minimum absolute atomic E-state index is 0.0385. The number of ether oxygens (including phenoxy) is 1. The van der Waals surface area contributed by atoms with Crippen molar-refractivity contribution in [1.29, 1.82) is 0 Å². The fourth-order valence-corrected chi connectivity index (χ4v) is 5.54. The maximum absolute atomic E-state index is 14.1. The molecule has 6 rings (SSSR count). The molecule has 0 atom stereocenters. The molecule has 10 nitrogen and oxygen atoms in total. The van der Waals surface area contributed by atoms with Gasteiger partial charge in [-0.2, -0.15) is 0 Å². The Hall–Kier alpha value is -4.31. The minimum atomic E-state index is -0.605. The fourth-order valence-electron chi connectivity index (χ4n) is 5.54. The van der Waals surface area contributed by atoms with Crippen LogP contribution in [-0.2, 0) is 28.9 Å². The van der Waals surface area contributed by atoms with E-state index in [9.17, 15) is 14.4 Å². The summed E-state index contributed by atoms with van der Waals surface area (Å²) in [6, 6.07) is 15.6. The monoisotopic (exact) mass is 569 g/mol. The van der Waals surface area contributed by atoms with Gasteiger partial charge in [0.05, 0.1) is 31.9 Å². The summed E-state index contributed by atoms with van der Waals surface area (Å²) in [5.41, 5.74) is 4.80. The highest BCUT2D eigenvalue weighted by atomic mass is 16.5. The average Bonchev–Trinajstić information content (AvgIpc) is 3.78. The number of benzene rings is 2. The quantitative estimate of drug-likeness (QED) is 0.307. The first-order valence-corrected chi connectivity index (χ1v) is 14.7.